The van der Waals surface area contributed by atoms with Crippen molar-refractivity contribution in [2.45, 2.75) is 20.0 Å². The zero-order valence-electron chi connectivity index (χ0n) is 19.5. The molecule has 3 amide bonds. The van der Waals surface area contributed by atoms with Crippen molar-refractivity contribution < 1.29 is 33.4 Å². The second kappa shape index (κ2) is 12.2. The van der Waals surface area contributed by atoms with Gasteiger partial charge in [0.1, 0.15) is 6.54 Å². The van der Waals surface area contributed by atoms with Crippen LogP contribution in [0.15, 0.2) is 41.3 Å². The van der Waals surface area contributed by atoms with Crippen LogP contribution in [0.2, 0.25) is 10.0 Å². The van der Waals surface area contributed by atoms with Gasteiger partial charge in [0.2, 0.25) is 0 Å². The average molecular weight is 553 g/mol. The van der Waals surface area contributed by atoms with Gasteiger partial charge in [0.25, 0.3) is 17.1 Å². The molecule has 0 aliphatic carbocycles. The predicted molar refractivity (Wildman–Crippen MR) is 137 cm³/mol. The number of hydrogen-bond acceptors (Lipinski definition) is 8. The summed E-state index contributed by atoms with van der Waals surface area (Å²) in [4.78, 5) is 49.9. The van der Waals surface area contributed by atoms with Crippen molar-refractivity contribution in [3.05, 3.63) is 56.9 Å². The van der Waals surface area contributed by atoms with Crippen molar-refractivity contribution in [3.8, 4) is 11.5 Å². The van der Waals surface area contributed by atoms with Crippen molar-refractivity contribution in [3.63, 3.8) is 0 Å². The topological polar surface area (TPSA) is 111 Å². The summed E-state index contributed by atoms with van der Waals surface area (Å²) in [6.07, 6.45) is 1.08. The number of hydrogen-bond donors (Lipinski definition) is 1. The molecule has 1 heterocycles. The SMILES string of the molecule is COc1cc(/C=C2\SC(=O)N(CC(=O)OC(C)C)C2=O)cc(Cl)c1OCC(=O)Nc1ccc(Cl)cc1. The summed E-state index contributed by atoms with van der Waals surface area (Å²) in [5, 5.41) is 2.75. The lowest BCUT2D eigenvalue weighted by molar-refractivity contribution is -0.149. The average Bonchev–Trinajstić information content (AvgIpc) is 3.06. The van der Waals surface area contributed by atoms with Crippen LogP contribution in [0.4, 0.5) is 10.5 Å². The molecule has 0 bridgehead atoms. The van der Waals surface area contributed by atoms with Gasteiger partial charge in [-0.2, -0.15) is 0 Å². The van der Waals surface area contributed by atoms with Crippen molar-refractivity contribution >= 4 is 69.8 Å². The van der Waals surface area contributed by atoms with E-state index in [0.717, 1.165) is 4.90 Å². The Morgan fingerprint density at radius 3 is 2.47 bits per heavy atom. The molecule has 2 aromatic rings. The molecule has 12 heteroatoms. The maximum absolute atomic E-state index is 12.7. The van der Waals surface area contributed by atoms with Crippen LogP contribution in [0.1, 0.15) is 19.4 Å². The number of amides is 3. The fourth-order valence-electron chi connectivity index (χ4n) is 3.05. The van der Waals surface area contributed by atoms with Gasteiger partial charge in [0.15, 0.2) is 18.1 Å². The summed E-state index contributed by atoms with van der Waals surface area (Å²) in [6, 6.07) is 9.62. The maximum atomic E-state index is 12.7. The molecule has 1 fully saturated rings. The zero-order chi connectivity index (χ0) is 26.4. The molecule has 0 aromatic heterocycles. The van der Waals surface area contributed by atoms with E-state index in [4.69, 9.17) is 37.4 Å². The molecule has 9 nitrogen and oxygen atoms in total. The monoisotopic (exact) mass is 552 g/mol. The van der Waals surface area contributed by atoms with Crippen molar-refractivity contribution in [2.24, 2.45) is 0 Å². The molecule has 1 N–H and O–H groups in total. The largest absolute Gasteiger partial charge is 0.493 e. The van der Waals surface area contributed by atoms with E-state index in [1.54, 1.807) is 44.2 Å². The highest BCUT2D eigenvalue weighted by Crippen LogP contribution is 2.39. The highest BCUT2D eigenvalue weighted by molar-refractivity contribution is 8.18. The normalized spacial score (nSPS) is 14.4. The Kier molecular flexibility index (Phi) is 9.25. The van der Waals surface area contributed by atoms with E-state index in [0.29, 0.717) is 28.0 Å². The van der Waals surface area contributed by atoms with E-state index >= 15 is 0 Å². The summed E-state index contributed by atoms with van der Waals surface area (Å²) >= 11 is 12.9. The summed E-state index contributed by atoms with van der Waals surface area (Å²) in [7, 11) is 1.39. The van der Waals surface area contributed by atoms with E-state index in [9.17, 15) is 19.2 Å². The molecule has 36 heavy (non-hydrogen) atoms. The Hall–Kier alpha value is -3.21. The second-order valence-electron chi connectivity index (χ2n) is 7.68. The quantitative estimate of drug-likeness (QED) is 0.341. The van der Waals surface area contributed by atoms with Gasteiger partial charge >= 0.3 is 5.97 Å². The van der Waals surface area contributed by atoms with Crippen LogP contribution in [0, 0.1) is 0 Å². The van der Waals surface area contributed by atoms with Crippen LogP contribution in [0.5, 0.6) is 11.5 Å². The minimum atomic E-state index is -0.681. The highest BCUT2D eigenvalue weighted by Gasteiger charge is 2.37. The molecule has 3 rings (SSSR count). The van der Waals surface area contributed by atoms with Crippen LogP contribution in [-0.2, 0) is 19.1 Å². The molecule has 1 aliphatic heterocycles. The molecule has 190 valence electrons. The third-order valence-corrected chi connectivity index (χ3v) is 5.99. The minimum absolute atomic E-state index is 0.103. The van der Waals surface area contributed by atoms with E-state index in [1.165, 1.54) is 19.3 Å². The summed E-state index contributed by atoms with van der Waals surface area (Å²) < 4.78 is 15.9. The number of nitrogens with one attached hydrogen (secondary N) is 1. The predicted octanol–water partition coefficient (Wildman–Crippen LogP) is 5.01. The minimum Gasteiger partial charge on any atom is -0.493 e. The molecule has 0 spiro atoms. The van der Waals surface area contributed by atoms with Crippen LogP contribution in [0.3, 0.4) is 0 Å². The number of nitrogens with zero attached hydrogens (tertiary/aromatic N) is 1. The molecular formula is C24H22Cl2N2O7S. The molecular weight excluding hydrogens is 531 g/mol. The first kappa shape index (κ1) is 27.4. The van der Waals surface area contributed by atoms with Gasteiger partial charge in [0.05, 0.1) is 23.1 Å². The van der Waals surface area contributed by atoms with Crippen LogP contribution < -0.4 is 14.8 Å². The molecule has 2 aromatic carbocycles. The lowest BCUT2D eigenvalue weighted by Gasteiger charge is -2.14. The number of carbonyl (C=O) groups excluding carboxylic acids is 4. The lowest BCUT2D eigenvalue weighted by Crippen LogP contribution is -2.35. The third-order valence-electron chi connectivity index (χ3n) is 4.55. The number of carbonyl (C=O) groups is 4. The van der Waals surface area contributed by atoms with Gasteiger partial charge in [-0.05, 0) is 73.6 Å². The number of imide groups is 1. The van der Waals surface area contributed by atoms with Gasteiger partial charge in [-0.15, -0.1) is 0 Å². The Labute approximate surface area is 221 Å². The van der Waals surface area contributed by atoms with Gasteiger partial charge in [-0.1, -0.05) is 23.2 Å². The molecule has 0 saturated carbocycles. The number of rotatable bonds is 9. The molecule has 0 unspecified atom stereocenters. The lowest BCUT2D eigenvalue weighted by atomic mass is 10.1. The zero-order valence-corrected chi connectivity index (χ0v) is 21.8. The molecule has 1 saturated heterocycles. The van der Waals surface area contributed by atoms with E-state index in [-0.39, 0.29) is 34.1 Å². The Balaban J connectivity index is 1.70. The Morgan fingerprint density at radius 2 is 1.83 bits per heavy atom. The third kappa shape index (κ3) is 7.16. The van der Waals surface area contributed by atoms with Crippen LogP contribution >= 0.6 is 35.0 Å². The fraction of sp³-hybridized carbons (Fsp3) is 0.250. The Bertz CT molecular complexity index is 1220. The van der Waals surface area contributed by atoms with Gasteiger partial charge < -0.3 is 19.5 Å². The number of methoxy groups -OCH3 is 1. The maximum Gasteiger partial charge on any atom is 0.326 e. The standard InChI is InChI=1S/C24H22Cl2N2O7S/c1-13(2)35-21(30)11-28-23(31)19(36-24(28)32)10-14-8-17(26)22(18(9-14)33-3)34-12-20(29)27-16-6-4-15(25)5-7-16/h4-10,13H,11-12H2,1-3H3,(H,27,29)/b19-10-. The molecule has 0 atom stereocenters. The number of ether oxygens (including phenoxy) is 3. The molecule has 0 radical (unpaired) electrons. The van der Waals surface area contributed by atoms with Crippen molar-refractivity contribution in [2.75, 3.05) is 25.6 Å². The van der Waals surface area contributed by atoms with Crippen molar-refractivity contribution in [1.29, 1.82) is 0 Å². The van der Waals surface area contributed by atoms with Crippen LogP contribution in [0.25, 0.3) is 6.08 Å². The second-order valence-corrected chi connectivity index (χ2v) is 9.52. The number of esters is 1. The van der Waals surface area contributed by atoms with Gasteiger partial charge in [-0.3, -0.25) is 24.1 Å². The summed E-state index contributed by atoms with van der Waals surface area (Å²) in [5.74, 6) is -1.39. The molecule has 1 aliphatic rings. The van der Waals surface area contributed by atoms with Gasteiger partial charge in [0, 0.05) is 10.7 Å². The first-order valence-corrected chi connectivity index (χ1v) is 12.1. The first-order chi connectivity index (χ1) is 17.1. The number of benzene rings is 2. The number of halogens is 2. The van der Waals surface area contributed by atoms with E-state index in [2.05, 4.69) is 5.32 Å². The van der Waals surface area contributed by atoms with E-state index in [1.807, 2.05) is 0 Å². The highest BCUT2D eigenvalue weighted by atomic mass is 35.5. The van der Waals surface area contributed by atoms with Gasteiger partial charge in [-0.25, -0.2) is 0 Å². The fourth-order valence-corrected chi connectivity index (χ4v) is 4.29. The van der Waals surface area contributed by atoms with Crippen LogP contribution in [-0.4, -0.2) is 54.3 Å². The van der Waals surface area contributed by atoms with E-state index < -0.39 is 29.6 Å². The number of anilines is 1. The summed E-state index contributed by atoms with van der Waals surface area (Å²) in [5.41, 5.74) is 0.998. The Morgan fingerprint density at radius 1 is 1.14 bits per heavy atom. The van der Waals surface area contributed by atoms with Crippen molar-refractivity contribution in [1.82, 2.24) is 4.90 Å². The smallest absolute Gasteiger partial charge is 0.326 e. The summed E-state index contributed by atoms with van der Waals surface area (Å²) in [6.45, 7) is 2.52. The number of thioether (sulfide) groups is 1. The first-order valence-electron chi connectivity index (χ1n) is 10.6.